The molecule has 0 spiro atoms. The number of aliphatic imine (C=N–C) groups is 1. The predicted octanol–water partition coefficient (Wildman–Crippen LogP) is -4.12. The third-order valence-corrected chi connectivity index (χ3v) is 11.0. The number of nitrogens with one attached hydrogen (secondary N) is 10. The van der Waals surface area contributed by atoms with E-state index in [2.05, 4.69) is 67.5 Å². The molecule has 0 aliphatic rings. The molecule has 19 N–H and O–H groups in total. The highest BCUT2D eigenvalue weighted by atomic mass is 16.4. The molecule has 2 aromatic rings. The van der Waals surface area contributed by atoms with Gasteiger partial charge in [-0.1, -0.05) is 20.8 Å². The number of hydrogen-bond donors (Lipinski definition) is 16. The lowest BCUT2D eigenvalue weighted by molar-refractivity contribution is -0.143. The number of H-pyrrole nitrogens is 2. The molecule has 7 unspecified atom stereocenters. The van der Waals surface area contributed by atoms with Crippen LogP contribution in [0.1, 0.15) is 103 Å². The van der Waals surface area contributed by atoms with Crippen molar-refractivity contribution in [2.45, 2.75) is 147 Å². The van der Waals surface area contributed by atoms with Gasteiger partial charge in [-0.2, -0.15) is 0 Å². The highest BCUT2D eigenvalue weighted by molar-refractivity contribution is 5.99. The molecule has 416 valence electrons. The number of aromatic nitrogens is 4. The number of carbonyl (C=O) groups is 11. The molecule has 0 aromatic carbocycles. The van der Waals surface area contributed by atoms with E-state index in [1.165, 1.54) is 25.0 Å². The fraction of sp³-hybridized carbons (Fsp3) is 0.600. The Balaban J connectivity index is 2.50. The average molecular weight is 1060 g/mol. The lowest BCUT2D eigenvalue weighted by atomic mass is 9.95. The topological polar surface area (TPSA) is 492 Å². The van der Waals surface area contributed by atoms with Gasteiger partial charge in [-0.25, -0.2) is 14.8 Å². The number of hydrogen-bond acceptors (Lipinski definition) is 15. The minimum atomic E-state index is -1.95. The summed E-state index contributed by atoms with van der Waals surface area (Å²) in [6.07, 6.45) is 3.49. The zero-order valence-corrected chi connectivity index (χ0v) is 42.4. The number of aromatic amines is 2. The molecule has 30 heteroatoms. The highest BCUT2D eigenvalue weighted by Gasteiger charge is 2.36. The largest absolute Gasteiger partial charge is 0.481 e. The Morgan fingerprint density at radius 3 is 1.39 bits per heavy atom. The Kier molecular flexibility index (Phi) is 26.9. The summed E-state index contributed by atoms with van der Waals surface area (Å²) in [6, 6.07) is -11.3. The third-order valence-electron chi connectivity index (χ3n) is 11.0. The van der Waals surface area contributed by atoms with Crippen molar-refractivity contribution in [3.05, 3.63) is 36.4 Å². The van der Waals surface area contributed by atoms with Crippen molar-refractivity contribution in [3.8, 4) is 0 Å². The number of carboxylic acid groups (broad SMARTS) is 3. The van der Waals surface area contributed by atoms with E-state index >= 15 is 0 Å². The van der Waals surface area contributed by atoms with E-state index in [1.807, 2.05) is 0 Å². The number of rotatable bonds is 35. The first-order valence-electron chi connectivity index (χ1n) is 24.0. The van der Waals surface area contributed by atoms with Gasteiger partial charge < -0.3 is 85.0 Å². The summed E-state index contributed by atoms with van der Waals surface area (Å²) in [7, 11) is 0. The number of carbonyl (C=O) groups excluding carboxylic acids is 8. The number of imidazole rings is 2. The Morgan fingerprint density at radius 2 is 0.973 bits per heavy atom. The van der Waals surface area contributed by atoms with Gasteiger partial charge in [0.05, 0.1) is 25.5 Å². The monoisotopic (exact) mass is 1060 g/mol. The van der Waals surface area contributed by atoms with E-state index in [4.69, 9.17) is 17.2 Å². The summed E-state index contributed by atoms with van der Waals surface area (Å²) in [5, 5.41) is 49.0. The Bertz CT molecular complexity index is 2270. The average Bonchev–Trinajstić information content (AvgIpc) is 4.05. The quantitative estimate of drug-likeness (QED) is 0.0177. The molecule has 0 saturated heterocycles. The summed E-state index contributed by atoms with van der Waals surface area (Å²) < 4.78 is 0. The van der Waals surface area contributed by atoms with Crippen LogP contribution in [0.15, 0.2) is 30.0 Å². The molecule has 2 aromatic heterocycles. The zero-order chi connectivity index (χ0) is 56.3. The van der Waals surface area contributed by atoms with Crippen LogP contribution >= 0.6 is 0 Å². The van der Waals surface area contributed by atoms with Gasteiger partial charge in [0.25, 0.3) is 0 Å². The van der Waals surface area contributed by atoms with Crippen molar-refractivity contribution in [3.63, 3.8) is 0 Å². The second-order valence-electron chi connectivity index (χ2n) is 18.5. The van der Waals surface area contributed by atoms with Crippen LogP contribution in [-0.2, 0) is 65.6 Å². The molecule has 0 aliphatic heterocycles. The first-order chi connectivity index (χ1) is 35.3. The Morgan fingerprint density at radius 1 is 0.573 bits per heavy atom. The molecule has 75 heavy (non-hydrogen) atoms. The van der Waals surface area contributed by atoms with E-state index in [0.717, 1.165) is 6.92 Å². The van der Waals surface area contributed by atoms with E-state index in [9.17, 15) is 68.1 Å². The van der Waals surface area contributed by atoms with Gasteiger partial charge >= 0.3 is 17.9 Å². The second-order valence-corrected chi connectivity index (χ2v) is 18.5. The summed E-state index contributed by atoms with van der Waals surface area (Å²) in [5.74, 6) is -12.2. The standard InChI is InChI=1S/C45H72N16O14/c1-24(62)55-27(12-9-15-52-44(47)48)36(67)58-31(17-26-21-50-23-54-26)39(70)61-32(18-34(63)64)40(71)56-28(10-6-8-14-51-43(75)45(2,3)4)37(68)60-33(19-35(65)66)41(72)59-30(16-25-20-49-22-53-25)38(69)57-29(42(73)74)11-5-7-13-46/h20-23,27-33H,5-19,46H2,1-4H3,(H,49,53)(H,50,54)(H,51,75)(H,55,62)(H,56,71)(H,57,69)(H,58,67)(H,59,72)(H,60,68)(H,61,70)(H,63,64)(H,65,66)(H,73,74)(H4,47,48,52). The second kappa shape index (κ2) is 32.1. The number of unbranched alkanes of at least 4 members (excludes halogenated alkanes) is 2. The van der Waals surface area contributed by atoms with E-state index in [-0.39, 0.29) is 82.9 Å². The molecule has 30 nitrogen and oxygen atoms in total. The fourth-order valence-corrected chi connectivity index (χ4v) is 7.03. The number of carboxylic acids is 3. The Hall–Kier alpha value is -8.18. The van der Waals surface area contributed by atoms with Crippen LogP contribution < -0.4 is 59.7 Å². The van der Waals surface area contributed by atoms with Crippen LogP contribution in [0.3, 0.4) is 0 Å². The maximum absolute atomic E-state index is 14.2. The third kappa shape index (κ3) is 24.9. The lowest BCUT2D eigenvalue weighted by Crippen LogP contribution is -2.60. The van der Waals surface area contributed by atoms with Crippen LogP contribution in [-0.4, -0.2) is 168 Å². The van der Waals surface area contributed by atoms with Gasteiger partial charge in [0, 0.05) is 62.1 Å². The van der Waals surface area contributed by atoms with E-state index in [0.29, 0.717) is 24.2 Å². The number of nitrogens with zero attached hydrogens (tertiary/aromatic N) is 3. The molecular weight excluding hydrogens is 989 g/mol. The van der Waals surface area contributed by atoms with Gasteiger partial charge in [0.1, 0.15) is 42.3 Å². The minimum Gasteiger partial charge on any atom is -0.481 e. The first kappa shape index (κ1) is 62.9. The number of amides is 8. The molecule has 2 rings (SSSR count). The smallest absolute Gasteiger partial charge is 0.326 e. The lowest BCUT2D eigenvalue weighted by Gasteiger charge is -2.27. The number of nitrogens with two attached hydrogens (primary N) is 3. The minimum absolute atomic E-state index is 0.0102. The van der Waals surface area contributed by atoms with Crippen LogP contribution in [0.25, 0.3) is 0 Å². The van der Waals surface area contributed by atoms with Gasteiger partial charge in [-0.05, 0) is 57.9 Å². The van der Waals surface area contributed by atoms with Gasteiger partial charge in [-0.15, -0.1) is 0 Å². The highest BCUT2D eigenvalue weighted by Crippen LogP contribution is 2.13. The molecule has 0 saturated carbocycles. The van der Waals surface area contributed by atoms with Gasteiger partial charge in [0.2, 0.25) is 47.3 Å². The summed E-state index contributed by atoms with van der Waals surface area (Å²) >= 11 is 0. The summed E-state index contributed by atoms with van der Waals surface area (Å²) in [5.41, 5.74) is 16.2. The fourth-order valence-electron chi connectivity index (χ4n) is 7.03. The maximum Gasteiger partial charge on any atom is 0.326 e. The zero-order valence-electron chi connectivity index (χ0n) is 42.4. The van der Waals surface area contributed by atoms with Gasteiger partial charge in [-0.3, -0.25) is 52.9 Å². The molecule has 7 atom stereocenters. The van der Waals surface area contributed by atoms with Crippen LogP contribution in [0.2, 0.25) is 0 Å². The summed E-state index contributed by atoms with van der Waals surface area (Å²) in [6.45, 7) is 6.69. The van der Waals surface area contributed by atoms with Gasteiger partial charge in [0.15, 0.2) is 5.96 Å². The molecule has 0 aliphatic carbocycles. The molecule has 2 heterocycles. The number of guanidine groups is 1. The molecule has 0 radical (unpaired) electrons. The Labute approximate surface area is 431 Å². The van der Waals surface area contributed by atoms with Crippen molar-refractivity contribution >= 4 is 71.1 Å². The van der Waals surface area contributed by atoms with Crippen molar-refractivity contribution in [1.29, 1.82) is 0 Å². The van der Waals surface area contributed by atoms with Crippen LogP contribution in [0.5, 0.6) is 0 Å². The molecular formula is C45H72N16O14. The number of aliphatic carboxylic acids is 3. The molecule has 0 bridgehead atoms. The van der Waals surface area contributed by atoms with Crippen molar-refractivity contribution < 1.29 is 68.1 Å². The normalized spacial score (nSPS) is 13.9. The van der Waals surface area contributed by atoms with E-state index < -0.39 is 120 Å². The van der Waals surface area contributed by atoms with E-state index in [1.54, 1.807) is 20.8 Å². The predicted molar refractivity (Wildman–Crippen MR) is 265 cm³/mol. The van der Waals surface area contributed by atoms with Crippen molar-refractivity contribution in [1.82, 2.24) is 62.5 Å². The molecule has 8 amide bonds. The maximum atomic E-state index is 14.2. The van der Waals surface area contributed by atoms with Crippen LogP contribution in [0.4, 0.5) is 0 Å². The van der Waals surface area contributed by atoms with Crippen molar-refractivity contribution in [2.75, 3.05) is 19.6 Å². The SMILES string of the molecule is CC(=O)NC(CCCN=C(N)N)C(=O)NC(Cc1cnc[nH]1)C(=O)NC(CC(=O)O)C(=O)NC(CCCCNC(=O)C(C)(C)C)C(=O)NC(CC(=O)O)C(=O)NC(Cc1cnc[nH]1)C(=O)NC(CCCCN)C(=O)O. The summed E-state index contributed by atoms with van der Waals surface area (Å²) in [4.78, 5) is 162. The molecule has 0 fully saturated rings. The van der Waals surface area contributed by atoms with Crippen molar-refractivity contribution in [2.24, 2.45) is 27.6 Å². The van der Waals surface area contributed by atoms with Crippen LogP contribution in [0, 0.1) is 5.41 Å². The first-order valence-corrected chi connectivity index (χ1v) is 24.0.